The van der Waals surface area contributed by atoms with E-state index in [1.165, 1.54) is 0 Å². The zero-order chi connectivity index (χ0) is 8.01. The minimum atomic E-state index is -1.78. The fourth-order valence-electron chi connectivity index (χ4n) is 0.789. The summed E-state index contributed by atoms with van der Waals surface area (Å²) in [7, 11) is -1.78. The molecule has 2 atom stereocenters. The number of aliphatic hydroxyl groups excluding tert-OH is 1. The summed E-state index contributed by atoms with van der Waals surface area (Å²) < 4.78 is 8.80. The van der Waals surface area contributed by atoms with E-state index in [9.17, 15) is 9.69 Å². The molecule has 0 aromatic rings. The Morgan fingerprint density at radius 2 is 2.36 bits per heavy atom. The van der Waals surface area contributed by atoms with Crippen molar-refractivity contribution in [2.45, 2.75) is 6.29 Å². The zero-order valence-electron chi connectivity index (χ0n) is 5.18. The normalized spacial score (nSPS) is 32.0. The van der Waals surface area contributed by atoms with Gasteiger partial charge in [-0.3, -0.25) is 0 Å². The van der Waals surface area contributed by atoms with Crippen molar-refractivity contribution >= 4 is 19.4 Å². The highest BCUT2D eigenvalue weighted by Crippen LogP contribution is 2.39. The van der Waals surface area contributed by atoms with Crippen LogP contribution in [0.5, 0.6) is 0 Å². The smallest absolute Gasteiger partial charge is 0.335 e. The fraction of sp³-hybridized carbons (Fsp3) is 0.200. The quantitative estimate of drug-likeness (QED) is 0.391. The van der Waals surface area contributed by atoms with Crippen LogP contribution in [-0.4, -0.2) is 22.8 Å². The first kappa shape index (κ1) is 6.94. The topological polar surface area (TPSA) is 82.1 Å². The molecule has 0 radical (unpaired) electrons. The lowest BCUT2D eigenvalue weighted by atomic mass is 10.3. The lowest BCUT2D eigenvalue weighted by molar-refractivity contribution is -0.159. The summed E-state index contributed by atoms with van der Waals surface area (Å²) in [6, 6.07) is 0. The van der Waals surface area contributed by atoms with Gasteiger partial charge in [0.15, 0.2) is 0 Å². The molecular weight excluding hydrogens is 171 g/mol. The molecule has 2 aliphatic rings. The van der Waals surface area contributed by atoms with Gasteiger partial charge in [0.25, 0.3) is 8.00 Å². The molecule has 0 amide bonds. The van der Waals surface area contributed by atoms with Crippen molar-refractivity contribution in [3.05, 3.63) is 11.6 Å². The van der Waals surface area contributed by atoms with E-state index in [1.807, 2.05) is 0 Å². The molecule has 0 aromatic carbocycles. The van der Waals surface area contributed by atoms with Crippen molar-refractivity contribution < 1.29 is 24.1 Å². The minimum absolute atomic E-state index is 0.165. The van der Waals surface area contributed by atoms with Gasteiger partial charge in [0, 0.05) is 6.08 Å². The van der Waals surface area contributed by atoms with Crippen molar-refractivity contribution in [2.75, 3.05) is 0 Å². The fourth-order valence-corrected chi connectivity index (χ4v) is 1.50. The number of hydrogen-bond acceptors (Lipinski definition) is 5. The molecule has 0 bridgehead atoms. The average molecular weight is 174 g/mol. The summed E-state index contributed by atoms with van der Waals surface area (Å²) in [5, 5.41) is 8.95. The number of aliphatic hydroxyl groups is 1. The van der Waals surface area contributed by atoms with Crippen LogP contribution in [-0.2, 0) is 14.1 Å². The van der Waals surface area contributed by atoms with Crippen molar-refractivity contribution in [3.8, 4) is 0 Å². The molecule has 0 saturated heterocycles. The molecule has 6 heteroatoms. The van der Waals surface area contributed by atoms with E-state index >= 15 is 0 Å². The Bertz CT molecular complexity index is 291. The second-order valence-corrected chi connectivity index (χ2v) is 3.15. The van der Waals surface area contributed by atoms with Gasteiger partial charge in [0.1, 0.15) is 5.57 Å². The molecule has 11 heavy (non-hydrogen) atoms. The number of esters is 1. The molecule has 2 unspecified atom stereocenters. The molecule has 2 rings (SSSR count). The summed E-state index contributed by atoms with van der Waals surface area (Å²) in [6.45, 7) is 0. The van der Waals surface area contributed by atoms with Gasteiger partial charge < -0.3 is 14.7 Å². The second kappa shape index (κ2) is 2.12. The number of hydrogen-bond donors (Lipinski definition) is 1. The monoisotopic (exact) mass is 174 g/mol. The van der Waals surface area contributed by atoms with E-state index in [1.54, 1.807) is 0 Å². The van der Waals surface area contributed by atoms with Crippen molar-refractivity contribution in [3.63, 3.8) is 0 Å². The Morgan fingerprint density at radius 1 is 1.73 bits per heavy atom. The lowest BCUT2D eigenvalue weighted by Crippen LogP contribution is -2.12. The van der Waals surface area contributed by atoms with Crippen LogP contribution < -0.4 is 4.89 Å². The van der Waals surface area contributed by atoms with Gasteiger partial charge in [-0.25, -0.2) is 4.79 Å². The predicted octanol–water partition coefficient (Wildman–Crippen LogP) is -1.38. The van der Waals surface area contributed by atoms with Crippen molar-refractivity contribution in [1.82, 2.24) is 0 Å². The van der Waals surface area contributed by atoms with E-state index in [4.69, 9.17) is 5.11 Å². The molecule has 0 spiro atoms. The maximum absolute atomic E-state index is 10.5. The Morgan fingerprint density at radius 3 is 2.73 bits per heavy atom. The lowest BCUT2D eigenvalue weighted by Gasteiger charge is -1.98. The van der Waals surface area contributed by atoms with Crippen LogP contribution in [0, 0.1) is 0 Å². The maximum atomic E-state index is 10.5. The summed E-state index contributed by atoms with van der Waals surface area (Å²) >= 11 is 0. The van der Waals surface area contributed by atoms with Crippen LogP contribution >= 0.6 is 8.00 Å². The average Bonchev–Trinajstić information content (AvgIpc) is 2.52. The van der Waals surface area contributed by atoms with Gasteiger partial charge in [0.05, 0.1) is 0 Å². The second-order valence-electron chi connectivity index (χ2n) is 2.04. The van der Waals surface area contributed by atoms with Gasteiger partial charge in [-0.15, -0.1) is 0 Å². The van der Waals surface area contributed by atoms with Crippen LogP contribution in [0.15, 0.2) is 11.6 Å². The predicted molar refractivity (Wildman–Crippen MR) is 33.2 cm³/mol. The molecular formula is C5H3O5P. The molecule has 0 aromatic heterocycles. The number of cyclic esters (lactones) is 1. The van der Waals surface area contributed by atoms with E-state index in [0.717, 1.165) is 6.08 Å². The number of carbonyl (C=O) groups is 1. The molecule has 5 nitrogen and oxygen atoms in total. The Hall–Kier alpha value is -0.740. The van der Waals surface area contributed by atoms with Crippen molar-refractivity contribution in [2.24, 2.45) is 0 Å². The highest BCUT2D eigenvalue weighted by molar-refractivity contribution is 7.56. The van der Waals surface area contributed by atoms with E-state index in [2.05, 4.69) is 9.26 Å². The van der Waals surface area contributed by atoms with Crippen LogP contribution in [0.4, 0.5) is 0 Å². The highest BCUT2D eigenvalue weighted by atomic mass is 31.1. The third kappa shape index (κ3) is 1.08. The van der Waals surface area contributed by atoms with Gasteiger partial charge >= 0.3 is 11.4 Å². The minimum Gasteiger partial charge on any atom is -0.600 e. The molecule has 2 aliphatic heterocycles. The van der Waals surface area contributed by atoms with E-state index in [-0.39, 0.29) is 11.1 Å². The van der Waals surface area contributed by atoms with Gasteiger partial charge in [-0.2, -0.15) is 0 Å². The number of rotatable bonds is 1. The van der Waals surface area contributed by atoms with E-state index < -0.39 is 20.3 Å². The standard InChI is InChI=1S/C5H3O5P/c6-3-1-2(4(7)9-3)5-10-11(5)8/h1,4,7H. The third-order valence-electron chi connectivity index (χ3n) is 1.32. The van der Waals surface area contributed by atoms with Gasteiger partial charge in [-0.1, -0.05) is 4.52 Å². The zero-order valence-corrected chi connectivity index (χ0v) is 6.08. The SMILES string of the molecule is O=C1C=C(C2=[P+]([O-])O2)C(O)O1. The molecule has 2 heterocycles. The Balaban J connectivity index is 2.26. The van der Waals surface area contributed by atoms with E-state index in [0.29, 0.717) is 0 Å². The van der Waals surface area contributed by atoms with Gasteiger partial charge in [0.2, 0.25) is 6.29 Å². The first-order valence-corrected chi connectivity index (χ1v) is 3.99. The molecule has 58 valence electrons. The summed E-state index contributed by atoms with van der Waals surface area (Å²) in [4.78, 5) is 21.0. The molecule has 0 fully saturated rings. The summed E-state index contributed by atoms with van der Waals surface area (Å²) in [5.41, 5.74) is 0.342. The largest absolute Gasteiger partial charge is 0.600 e. The summed E-state index contributed by atoms with van der Waals surface area (Å²) in [5.74, 6) is -0.640. The first-order valence-electron chi connectivity index (χ1n) is 2.81. The molecule has 1 N–H and O–H groups in total. The number of ether oxygens (including phenoxy) is 1. The number of carbonyl (C=O) groups excluding carboxylic acids is 1. The highest BCUT2D eigenvalue weighted by Gasteiger charge is 2.44. The van der Waals surface area contributed by atoms with Crippen LogP contribution in [0.1, 0.15) is 0 Å². The third-order valence-corrected chi connectivity index (χ3v) is 2.18. The summed E-state index contributed by atoms with van der Waals surface area (Å²) in [6.07, 6.45) is -0.237. The molecule has 0 aliphatic carbocycles. The van der Waals surface area contributed by atoms with Crippen LogP contribution in [0.3, 0.4) is 0 Å². The molecule has 0 saturated carbocycles. The Kier molecular flexibility index (Phi) is 1.34. The van der Waals surface area contributed by atoms with Gasteiger partial charge in [-0.05, 0) is 0 Å². The van der Waals surface area contributed by atoms with Crippen LogP contribution in [0.2, 0.25) is 0 Å². The van der Waals surface area contributed by atoms with Crippen LogP contribution in [0.25, 0.3) is 0 Å². The van der Waals surface area contributed by atoms with Crippen molar-refractivity contribution in [1.29, 1.82) is 0 Å². The first-order chi connectivity index (χ1) is 5.18. The maximum Gasteiger partial charge on any atom is 0.335 e. The Labute approximate surface area is 62.4 Å².